The molecule has 4 rings (SSSR count). The van der Waals surface area contributed by atoms with E-state index in [0.717, 1.165) is 23.4 Å². The largest absolute Gasteiger partial charge is 0.343 e. The molecule has 1 aliphatic heterocycles. The van der Waals surface area contributed by atoms with Crippen LogP contribution in [0.15, 0.2) is 53.9 Å². The number of carbonyl (C=O) groups is 3. The monoisotopic (exact) mass is 462 g/mol. The van der Waals surface area contributed by atoms with Gasteiger partial charge in [0.1, 0.15) is 0 Å². The Balaban J connectivity index is 1.29. The molecule has 0 aliphatic carbocycles. The van der Waals surface area contributed by atoms with E-state index in [4.69, 9.17) is 0 Å². The molecule has 3 aromatic rings. The summed E-state index contributed by atoms with van der Waals surface area (Å²) in [6.07, 6.45) is 1.41. The molecule has 0 spiro atoms. The second-order valence-electron chi connectivity index (χ2n) is 8.24. The van der Waals surface area contributed by atoms with Crippen molar-refractivity contribution in [2.75, 3.05) is 23.3 Å². The summed E-state index contributed by atoms with van der Waals surface area (Å²) in [4.78, 5) is 42.7. The highest BCUT2D eigenvalue weighted by molar-refractivity contribution is 7.14. The molecule has 1 aromatic heterocycles. The maximum absolute atomic E-state index is 12.4. The molecule has 1 fully saturated rings. The lowest BCUT2D eigenvalue weighted by Crippen LogP contribution is -2.32. The number of carbonyl (C=O) groups excluding carboxylic acids is 3. The standard InChI is InChI=1S/C25H26N4O3S/c1-16(2)17-5-7-18(8-6-17)21-15-33-25(27-21)28-22(30)14-26-24(32)19-9-11-20(12-10-19)29-13-3-4-23(29)31/h5-12,15-16H,3-4,13-14H2,1-2H3,(H,26,32)(H,27,28,30). The van der Waals surface area contributed by atoms with Gasteiger partial charge in [-0.05, 0) is 42.2 Å². The zero-order chi connectivity index (χ0) is 23.4. The Morgan fingerprint density at radius 3 is 2.45 bits per heavy atom. The lowest BCUT2D eigenvalue weighted by atomic mass is 10.0. The van der Waals surface area contributed by atoms with Crippen molar-refractivity contribution in [2.45, 2.75) is 32.6 Å². The van der Waals surface area contributed by atoms with Crippen LogP contribution in [-0.4, -0.2) is 35.8 Å². The van der Waals surface area contributed by atoms with Crippen LogP contribution in [0.4, 0.5) is 10.8 Å². The van der Waals surface area contributed by atoms with E-state index in [1.165, 1.54) is 16.9 Å². The summed E-state index contributed by atoms with van der Waals surface area (Å²) in [6.45, 7) is 4.83. The van der Waals surface area contributed by atoms with Crippen molar-refractivity contribution < 1.29 is 14.4 Å². The predicted octanol–water partition coefficient (Wildman–Crippen LogP) is 4.43. The quantitative estimate of drug-likeness (QED) is 0.543. The van der Waals surface area contributed by atoms with Crippen molar-refractivity contribution in [2.24, 2.45) is 0 Å². The number of hydrogen-bond acceptors (Lipinski definition) is 5. The molecule has 33 heavy (non-hydrogen) atoms. The molecule has 8 heteroatoms. The lowest BCUT2D eigenvalue weighted by molar-refractivity contribution is -0.117. The Hall–Kier alpha value is -3.52. The summed E-state index contributed by atoms with van der Waals surface area (Å²) in [6, 6.07) is 15.1. The molecule has 0 atom stereocenters. The molecule has 0 bridgehead atoms. The van der Waals surface area contributed by atoms with E-state index in [2.05, 4.69) is 41.6 Å². The number of rotatable bonds is 7. The van der Waals surface area contributed by atoms with Crippen molar-refractivity contribution in [1.82, 2.24) is 10.3 Å². The third kappa shape index (κ3) is 5.46. The van der Waals surface area contributed by atoms with Crippen LogP contribution in [-0.2, 0) is 9.59 Å². The number of nitrogens with zero attached hydrogens (tertiary/aromatic N) is 2. The molecular weight excluding hydrogens is 436 g/mol. The molecule has 1 aliphatic rings. The lowest BCUT2D eigenvalue weighted by Gasteiger charge is -2.15. The summed E-state index contributed by atoms with van der Waals surface area (Å²) >= 11 is 1.34. The van der Waals surface area contributed by atoms with Crippen LogP contribution in [0.3, 0.4) is 0 Å². The highest BCUT2D eigenvalue weighted by Crippen LogP contribution is 2.26. The van der Waals surface area contributed by atoms with Crippen molar-refractivity contribution in [3.63, 3.8) is 0 Å². The number of aromatic nitrogens is 1. The van der Waals surface area contributed by atoms with E-state index in [1.54, 1.807) is 29.2 Å². The maximum Gasteiger partial charge on any atom is 0.251 e. The fourth-order valence-corrected chi connectivity index (χ4v) is 4.38. The Kier molecular flexibility index (Phi) is 6.84. The first-order valence-corrected chi connectivity index (χ1v) is 11.8. The van der Waals surface area contributed by atoms with Crippen LogP contribution in [0, 0.1) is 0 Å². The van der Waals surface area contributed by atoms with E-state index in [1.807, 2.05) is 17.5 Å². The van der Waals surface area contributed by atoms with E-state index in [0.29, 0.717) is 29.6 Å². The summed E-state index contributed by atoms with van der Waals surface area (Å²) in [5.74, 6) is -0.137. The first kappa shape index (κ1) is 22.7. The maximum atomic E-state index is 12.4. The smallest absolute Gasteiger partial charge is 0.251 e. The van der Waals surface area contributed by atoms with Gasteiger partial charge in [0, 0.05) is 35.2 Å². The molecule has 7 nitrogen and oxygen atoms in total. The Labute approximate surface area is 196 Å². The average molecular weight is 463 g/mol. The summed E-state index contributed by atoms with van der Waals surface area (Å²) in [5, 5.41) is 7.72. The van der Waals surface area contributed by atoms with Gasteiger partial charge in [0.25, 0.3) is 5.91 Å². The van der Waals surface area contributed by atoms with Gasteiger partial charge < -0.3 is 15.5 Å². The van der Waals surface area contributed by atoms with Crippen LogP contribution < -0.4 is 15.5 Å². The zero-order valence-corrected chi connectivity index (χ0v) is 19.4. The molecule has 170 valence electrons. The molecule has 2 heterocycles. The third-order valence-electron chi connectivity index (χ3n) is 5.55. The Bertz CT molecular complexity index is 1150. The van der Waals surface area contributed by atoms with Gasteiger partial charge in [0.05, 0.1) is 12.2 Å². The third-order valence-corrected chi connectivity index (χ3v) is 6.31. The number of thiazole rings is 1. The summed E-state index contributed by atoms with van der Waals surface area (Å²) < 4.78 is 0. The predicted molar refractivity (Wildman–Crippen MR) is 131 cm³/mol. The van der Waals surface area contributed by atoms with Crippen molar-refractivity contribution in [3.05, 3.63) is 65.0 Å². The normalized spacial score (nSPS) is 13.4. The topological polar surface area (TPSA) is 91.4 Å². The molecular formula is C25H26N4O3S. The fraction of sp³-hybridized carbons (Fsp3) is 0.280. The van der Waals surface area contributed by atoms with Gasteiger partial charge in [-0.15, -0.1) is 11.3 Å². The molecule has 2 N–H and O–H groups in total. The minimum atomic E-state index is -0.352. The van der Waals surface area contributed by atoms with Crippen molar-refractivity contribution in [1.29, 1.82) is 0 Å². The minimum absolute atomic E-state index is 0.0989. The van der Waals surface area contributed by atoms with Gasteiger partial charge in [-0.25, -0.2) is 4.98 Å². The first-order valence-electron chi connectivity index (χ1n) is 10.9. The molecule has 0 radical (unpaired) electrons. The van der Waals surface area contributed by atoms with E-state index in [9.17, 15) is 14.4 Å². The number of nitrogens with one attached hydrogen (secondary N) is 2. The van der Waals surface area contributed by atoms with Crippen LogP contribution in [0.1, 0.15) is 48.5 Å². The van der Waals surface area contributed by atoms with Gasteiger partial charge in [-0.3, -0.25) is 14.4 Å². The first-order chi connectivity index (χ1) is 15.9. The zero-order valence-electron chi connectivity index (χ0n) is 18.6. The Morgan fingerprint density at radius 2 is 1.82 bits per heavy atom. The van der Waals surface area contributed by atoms with Crippen LogP contribution in [0.2, 0.25) is 0 Å². The molecule has 1 saturated heterocycles. The molecule has 2 aromatic carbocycles. The number of anilines is 2. The summed E-state index contributed by atoms with van der Waals surface area (Å²) in [5.41, 5.74) is 4.26. The highest BCUT2D eigenvalue weighted by Gasteiger charge is 2.21. The van der Waals surface area contributed by atoms with Crippen LogP contribution >= 0.6 is 11.3 Å². The van der Waals surface area contributed by atoms with Gasteiger partial charge in [0.15, 0.2) is 5.13 Å². The van der Waals surface area contributed by atoms with E-state index in [-0.39, 0.29) is 24.3 Å². The SMILES string of the molecule is CC(C)c1ccc(-c2csc(NC(=O)CNC(=O)c3ccc(N4CCCC4=O)cc3)n2)cc1. The minimum Gasteiger partial charge on any atom is -0.343 e. The van der Waals surface area contributed by atoms with Crippen LogP contribution in [0.5, 0.6) is 0 Å². The Morgan fingerprint density at radius 1 is 1.09 bits per heavy atom. The number of amides is 3. The van der Waals surface area contributed by atoms with Gasteiger partial charge >= 0.3 is 0 Å². The molecule has 0 unspecified atom stereocenters. The van der Waals surface area contributed by atoms with E-state index >= 15 is 0 Å². The average Bonchev–Trinajstić information content (AvgIpc) is 3.46. The van der Waals surface area contributed by atoms with Gasteiger partial charge in [-0.1, -0.05) is 38.1 Å². The summed E-state index contributed by atoms with van der Waals surface area (Å²) in [7, 11) is 0. The van der Waals surface area contributed by atoms with Gasteiger partial charge in [0.2, 0.25) is 11.8 Å². The fourth-order valence-electron chi connectivity index (χ4n) is 3.64. The number of benzene rings is 2. The van der Waals surface area contributed by atoms with Crippen LogP contribution in [0.25, 0.3) is 11.3 Å². The highest BCUT2D eigenvalue weighted by atomic mass is 32.1. The second kappa shape index (κ2) is 9.95. The van der Waals surface area contributed by atoms with Gasteiger partial charge in [-0.2, -0.15) is 0 Å². The van der Waals surface area contributed by atoms with E-state index < -0.39 is 0 Å². The number of hydrogen-bond donors (Lipinski definition) is 2. The molecule has 0 saturated carbocycles. The van der Waals surface area contributed by atoms with Crippen molar-refractivity contribution >= 4 is 39.9 Å². The van der Waals surface area contributed by atoms with Crippen molar-refractivity contribution in [3.8, 4) is 11.3 Å². The molecule has 3 amide bonds. The second-order valence-corrected chi connectivity index (χ2v) is 9.10.